The normalized spacial score (nSPS) is 14.2. The molecule has 2 aromatic rings. The first-order valence-corrected chi connectivity index (χ1v) is 5.24. The van der Waals surface area contributed by atoms with Gasteiger partial charge in [0.05, 0.1) is 11.1 Å². The Labute approximate surface area is 97.3 Å². The maximum absolute atomic E-state index is 12.0. The highest BCUT2D eigenvalue weighted by Crippen LogP contribution is 2.21. The van der Waals surface area contributed by atoms with Crippen LogP contribution in [-0.2, 0) is 6.67 Å². The highest BCUT2D eigenvalue weighted by molar-refractivity contribution is 6.21. The zero-order valence-corrected chi connectivity index (χ0v) is 8.96. The summed E-state index contributed by atoms with van der Waals surface area (Å²) in [4.78, 5) is 28.1. The largest absolute Gasteiger partial charge is 0.268 e. The molecule has 1 aliphatic rings. The van der Waals surface area contributed by atoms with Crippen LogP contribution < -0.4 is 4.57 Å². The second-order valence-corrected chi connectivity index (χ2v) is 3.85. The van der Waals surface area contributed by atoms with Gasteiger partial charge >= 0.3 is 0 Å². The quantitative estimate of drug-likeness (QED) is 0.603. The van der Waals surface area contributed by atoms with E-state index in [-0.39, 0.29) is 18.5 Å². The van der Waals surface area contributed by atoms with Crippen LogP contribution in [0.3, 0.4) is 0 Å². The molecule has 0 unspecified atom stereocenters. The van der Waals surface area contributed by atoms with E-state index in [0.29, 0.717) is 11.1 Å². The molecular formula is C12H10N3O2+. The molecule has 5 heteroatoms. The molecule has 0 saturated carbocycles. The number of hydrogen-bond acceptors (Lipinski definition) is 2. The maximum Gasteiger partial charge on any atom is 0.264 e. The Morgan fingerprint density at radius 3 is 2.29 bits per heavy atom. The predicted octanol–water partition coefficient (Wildman–Crippen LogP) is 0.556. The number of rotatable bonds is 2. The molecule has 0 spiro atoms. The van der Waals surface area contributed by atoms with Crippen LogP contribution in [0.15, 0.2) is 43.0 Å². The highest BCUT2D eigenvalue weighted by atomic mass is 16.2. The Kier molecular flexibility index (Phi) is 2.04. The van der Waals surface area contributed by atoms with E-state index in [1.54, 1.807) is 47.6 Å². The second kappa shape index (κ2) is 3.55. The minimum Gasteiger partial charge on any atom is -0.268 e. The fourth-order valence-electron chi connectivity index (χ4n) is 1.94. The standard InChI is InChI=1S/C12H9N3O2/c16-11-9-3-1-2-4-10(9)12(17)15(11)8-14-6-5-13-7-14/h1-7H,8H2/p+1. The van der Waals surface area contributed by atoms with Crippen LogP contribution in [0.5, 0.6) is 0 Å². The van der Waals surface area contributed by atoms with Gasteiger partial charge in [0.1, 0.15) is 12.4 Å². The molecular weight excluding hydrogens is 218 g/mol. The number of carbonyl (C=O) groups excluding carboxylic acids is 2. The lowest BCUT2D eigenvalue weighted by atomic mass is 10.1. The van der Waals surface area contributed by atoms with Crippen molar-refractivity contribution in [3.63, 3.8) is 0 Å². The number of aromatic amines is 1. The molecule has 2 heterocycles. The van der Waals surface area contributed by atoms with Crippen molar-refractivity contribution in [1.82, 2.24) is 9.88 Å². The van der Waals surface area contributed by atoms with Crippen molar-refractivity contribution in [2.75, 3.05) is 0 Å². The Balaban J connectivity index is 1.95. The van der Waals surface area contributed by atoms with Crippen molar-refractivity contribution in [3.05, 3.63) is 54.1 Å². The van der Waals surface area contributed by atoms with Crippen molar-refractivity contribution in [3.8, 4) is 0 Å². The molecule has 0 saturated heterocycles. The van der Waals surface area contributed by atoms with Gasteiger partial charge < -0.3 is 0 Å². The molecule has 2 amide bonds. The summed E-state index contributed by atoms with van der Waals surface area (Å²) in [7, 11) is 0. The first-order valence-electron chi connectivity index (χ1n) is 5.24. The number of aromatic nitrogens is 2. The van der Waals surface area contributed by atoms with Gasteiger partial charge in [-0.2, -0.15) is 0 Å². The molecule has 1 N–H and O–H groups in total. The van der Waals surface area contributed by atoms with Gasteiger partial charge in [-0.1, -0.05) is 12.1 Å². The molecule has 0 fully saturated rings. The van der Waals surface area contributed by atoms with Crippen molar-refractivity contribution < 1.29 is 14.2 Å². The number of H-pyrrole nitrogens is 1. The summed E-state index contributed by atoms with van der Waals surface area (Å²) < 4.78 is 1.74. The fourth-order valence-corrected chi connectivity index (χ4v) is 1.94. The van der Waals surface area contributed by atoms with Crippen LogP contribution in [0, 0.1) is 0 Å². The summed E-state index contributed by atoms with van der Waals surface area (Å²) in [6.07, 6.45) is 5.20. The highest BCUT2D eigenvalue weighted by Gasteiger charge is 2.36. The van der Waals surface area contributed by atoms with E-state index in [0.717, 1.165) is 0 Å². The predicted molar refractivity (Wildman–Crippen MR) is 57.9 cm³/mol. The van der Waals surface area contributed by atoms with Crippen LogP contribution in [0.4, 0.5) is 0 Å². The van der Waals surface area contributed by atoms with Crippen molar-refractivity contribution >= 4 is 11.8 Å². The molecule has 84 valence electrons. The summed E-state index contributed by atoms with van der Waals surface area (Å²) in [5, 5.41) is 0. The minimum atomic E-state index is -0.237. The zero-order valence-electron chi connectivity index (χ0n) is 8.96. The molecule has 0 radical (unpaired) electrons. The van der Waals surface area contributed by atoms with Crippen LogP contribution in [0.2, 0.25) is 0 Å². The Hall–Kier alpha value is -2.43. The molecule has 17 heavy (non-hydrogen) atoms. The third-order valence-corrected chi connectivity index (χ3v) is 2.79. The van der Waals surface area contributed by atoms with E-state index in [2.05, 4.69) is 4.98 Å². The van der Waals surface area contributed by atoms with Crippen LogP contribution in [0.1, 0.15) is 20.7 Å². The first kappa shape index (κ1) is 9.77. The lowest BCUT2D eigenvalue weighted by Crippen LogP contribution is -2.44. The Morgan fingerprint density at radius 1 is 1.12 bits per heavy atom. The Bertz CT molecular complexity index is 555. The van der Waals surface area contributed by atoms with E-state index in [1.807, 2.05) is 0 Å². The second-order valence-electron chi connectivity index (χ2n) is 3.85. The van der Waals surface area contributed by atoms with E-state index in [1.165, 1.54) is 4.90 Å². The third kappa shape index (κ3) is 1.44. The maximum atomic E-state index is 12.0. The van der Waals surface area contributed by atoms with Gasteiger partial charge in [0.25, 0.3) is 11.8 Å². The van der Waals surface area contributed by atoms with Gasteiger partial charge in [0, 0.05) is 0 Å². The number of fused-ring (bicyclic) bond motifs is 1. The zero-order chi connectivity index (χ0) is 11.8. The topological polar surface area (TPSA) is 57.1 Å². The van der Waals surface area contributed by atoms with Crippen molar-refractivity contribution in [2.45, 2.75) is 6.67 Å². The van der Waals surface area contributed by atoms with Crippen molar-refractivity contribution in [1.29, 1.82) is 0 Å². The number of hydrogen-bond donors (Lipinski definition) is 1. The number of imide groups is 1. The van der Waals surface area contributed by atoms with E-state index in [4.69, 9.17) is 0 Å². The lowest BCUT2D eigenvalue weighted by molar-refractivity contribution is -0.708. The summed E-state index contributed by atoms with van der Waals surface area (Å²) >= 11 is 0. The molecule has 3 rings (SSSR count). The average molecular weight is 228 g/mol. The lowest BCUT2D eigenvalue weighted by Gasteiger charge is -2.10. The molecule has 0 atom stereocenters. The molecule has 0 bridgehead atoms. The number of carbonyl (C=O) groups is 2. The smallest absolute Gasteiger partial charge is 0.264 e. The van der Waals surface area contributed by atoms with E-state index < -0.39 is 0 Å². The number of nitrogens with one attached hydrogen (secondary N) is 1. The van der Waals surface area contributed by atoms with Crippen LogP contribution in [-0.4, -0.2) is 21.7 Å². The van der Waals surface area contributed by atoms with E-state index in [9.17, 15) is 9.59 Å². The summed E-state index contributed by atoms with van der Waals surface area (Å²) in [5.74, 6) is -0.474. The average Bonchev–Trinajstić information content (AvgIpc) is 2.94. The first-order chi connectivity index (χ1) is 8.27. The minimum absolute atomic E-state index is 0.232. The number of benzene rings is 1. The van der Waals surface area contributed by atoms with Gasteiger partial charge in [0.15, 0.2) is 6.67 Å². The van der Waals surface area contributed by atoms with Crippen molar-refractivity contribution in [2.24, 2.45) is 0 Å². The molecule has 1 aromatic carbocycles. The van der Waals surface area contributed by atoms with Gasteiger partial charge in [-0.05, 0) is 12.1 Å². The van der Waals surface area contributed by atoms with Gasteiger partial charge in [-0.3, -0.25) is 14.6 Å². The van der Waals surface area contributed by atoms with Gasteiger partial charge in [0.2, 0.25) is 6.33 Å². The van der Waals surface area contributed by atoms with Gasteiger partial charge in [-0.15, -0.1) is 0 Å². The molecule has 0 aliphatic carbocycles. The number of nitrogens with zero attached hydrogens (tertiary/aromatic N) is 2. The summed E-state index contributed by atoms with van der Waals surface area (Å²) in [6.45, 7) is 0.232. The molecule has 1 aliphatic heterocycles. The van der Waals surface area contributed by atoms with Crippen LogP contribution in [0.25, 0.3) is 0 Å². The summed E-state index contributed by atoms with van der Waals surface area (Å²) in [5.41, 5.74) is 0.960. The third-order valence-electron chi connectivity index (χ3n) is 2.79. The van der Waals surface area contributed by atoms with Gasteiger partial charge in [-0.25, -0.2) is 9.47 Å². The van der Waals surface area contributed by atoms with Crippen LogP contribution >= 0.6 is 0 Å². The van der Waals surface area contributed by atoms with E-state index >= 15 is 0 Å². The molecule has 5 nitrogen and oxygen atoms in total. The molecule has 1 aromatic heterocycles. The Morgan fingerprint density at radius 2 is 1.76 bits per heavy atom. The summed E-state index contributed by atoms with van der Waals surface area (Å²) in [6, 6.07) is 6.88. The number of amides is 2. The monoisotopic (exact) mass is 228 g/mol. The number of imidazole rings is 1. The fraction of sp³-hybridized carbons (Fsp3) is 0.0833. The SMILES string of the molecule is O=C1c2ccccc2C(=O)N1C[n+]1cc[nH]c1.